The Balaban J connectivity index is 2.28. The molecule has 0 fully saturated rings. The Labute approximate surface area is 153 Å². The maximum atomic E-state index is 12.8. The van der Waals surface area contributed by atoms with Gasteiger partial charge in [0.1, 0.15) is 0 Å². The number of guanidine groups is 1. The van der Waals surface area contributed by atoms with E-state index in [1.54, 1.807) is 23.7 Å². The van der Waals surface area contributed by atoms with Crippen LogP contribution in [0.1, 0.15) is 5.56 Å². The molecule has 0 heterocycles. The van der Waals surface area contributed by atoms with E-state index in [2.05, 4.69) is 4.99 Å². The number of para-hydroxylation sites is 1. The van der Waals surface area contributed by atoms with Crippen molar-refractivity contribution >= 4 is 40.7 Å². The molecule has 0 aromatic heterocycles. The molecule has 3 nitrogen and oxygen atoms in total. The van der Waals surface area contributed by atoms with Crippen LogP contribution < -0.4 is 10.6 Å². The third-order valence-corrected chi connectivity index (χ3v) is 4.80. The molecule has 0 atom stereocenters. The number of halogens is 4. The van der Waals surface area contributed by atoms with E-state index in [-0.39, 0.29) is 11.6 Å². The predicted molar refractivity (Wildman–Crippen MR) is 99.0 cm³/mol. The molecule has 0 saturated heterocycles. The van der Waals surface area contributed by atoms with Gasteiger partial charge in [0.05, 0.1) is 16.9 Å². The van der Waals surface area contributed by atoms with Crippen LogP contribution in [0.2, 0.25) is 0 Å². The molecular formula is C17H17ClF3N3S. The number of anilines is 1. The fraction of sp³-hybridized carbons (Fsp3) is 0.235. The molecule has 0 aliphatic rings. The zero-order valence-electron chi connectivity index (χ0n) is 13.4. The number of thioether (sulfide) groups is 1. The van der Waals surface area contributed by atoms with Gasteiger partial charge >= 0.3 is 6.18 Å². The van der Waals surface area contributed by atoms with Gasteiger partial charge in [-0.1, -0.05) is 18.2 Å². The van der Waals surface area contributed by atoms with E-state index in [0.29, 0.717) is 5.88 Å². The lowest BCUT2D eigenvalue weighted by atomic mass is 10.2. The van der Waals surface area contributed by atoms with Crippen molar-refractivity contribution in [3.8, 4) is 0 Å². The minimum atomic E-state index is -4.42. The summed E-state index contributed by atoms with van der Waals surface area (Å²) in [6, 6.07) is 12.3. The smallest absolute Gasteiger partial charge is 0.369 e. The fourth-order valence-corrected chi connectivity index (χ4v) is 3.14. The van der Waals surface area contributed by atoms with Crippen molar-refractivity contribution in [1.29, 1.82) is 0 Å². The van der Waals surface area contributed by atoms with Gasteiger partial charge < -0.3 is 10.6 Å². The first-order valence-electron chi connectivity index (χ1n) is 7.36. The zero-order valence-corrected chi connectivity index (χ0v) is 15.0. The molecule has 2 aromatic carbocycles. The normalized spacial score (nSPS) is 12.3. The molecule has 2 rings (SSSR count). The Morgan fingerprint density at radius 2 is 1.92 bits per heavy atom. The SMILES string of the molecule is CN(C(N)=Nc1cccc(C(F)(F)F)c1)c1ccccc1SCCCl. The van der Waals surface area contributed by atoms with E-state index in [0.717, 1.165) is 28.5 Å². The van der Waals surface area contributed by atoms with Crippen LogP contribution in [0.25, 0.3) is 0 Å². The number of aliphatic imine (C=N–C) groups is 1. The second-order valence-corrected chi connectivity index (χ2v) is 6.60. The fourth-order valence-electron chi connectivity index (χ4n) is 2.09. The first-order valence-corrected chi connectivity index (χ1v) is 8.88. The standard InChI is InChI=1S/C17H17ClF3N3S/c1-24(14-7-2-3-8-15(14)25-10-9-18)16(22)23-13-6-4-5-12(11-13)17(19,20)21/h2-8,11H,9-10H2,1H3,(H2,22,23). The van der Waals surface area contributed by atoms with Gasteiger partial charge in [-0.3, -0.25) is 0 Å². The highest BCUT2D eigenvalue weighted by Crippen LogP contribution is 2.32. The summed E-state index contributed by atoms with van der Waals surface area (Å²) in [4.78, 5) is 6.72. The zero-order chi connectivity index (χ0) is 18.4. The van der Waals surface area contributed by atoms with Crippen molar-refractivity contribution in [2.24, 2.45) is 10.7 Å². The van der Waals surface area contributed by atoms with Gasteiger partial charge in [-0.25, -0.2) is 4.99 Å². The van der Waals surface area contributed by atoms with Crippen LogP contribution in [0, 0.1) is 0 Å². The Morgan fingerprint density at radius 1 is 1.20 bits per heavy atom. The average Bonchev–Trinajstić information content (AvgIpc) is 2.59. The number of hydrogen-bond acceptors (Lipinski definition) is 2. The number of benzene rings is 2. The Morgan fingerprint density at radius 3 is 2.60 bits per heavy atom. The van der Waals surface area contributed by atoms with Gasteiger partial charge in [-0.2, -0.15) is 13.2 Å². The van der Waals surface area contributed by atoms with Crippen molar-refractivity contribution in [2.45, 2.75) is 11.1 Å². The molecule has 134 valence electrons. The lowest BCUT2D eigenvalue weighted by Gasteiger charge is -2.21. The number of nitrogens with zero attached hydrogens (tertiary/aromatic N) is 2. The van der Waals surface area contributed by atoms with Gasteiger partial charge in [0, 0.05) is 23.6 Å². The predicted octanol–water partition coefficient (Wildman–Crippen LogP) is 5.12. The summed E-state index contributed by atoms with van der Waals surface area (Å²) in [6.45, 7) is 0. The highest BCUT2D eigenvalue weighted by molar-refractivity contribution is 7.99. The first kappa shape index (κ1) is 19.5. The summed E-state index contributed by atoms with van der Waals surface area (Å²) in [6.07, 6.45) is -4.42. The van der Waals surface area contributed by atoms with Gasteiger partial charge in [-0.15, -0.1) is 23.4 Å². The Bertz CT molecular complexity index is 750. The highest BCUT2D eigenvalue weighted by atomic mass is 35.5. The largest absolute Gasteiger partial charge is 0.416 e. The number of nitrogens with two attached hydrogens (primary N) is 1. The maximum absolute atomic E-state index is 12.8. The molecule has 2 N–H and O–H groups in total. The van der Waals surface area contributed by atoms with E-state index >= 15 is 0 Å². The van der Waals surface area contributed by atoms with E-state index in [9.17, 15) is 13.2 Å². The van der Waals surface area contributed by atoms with Crippen molar-refractivity contribution in [3.05, 3.63) is 54.1 Å². The number of alkyl halides is 4. The summed E-state index contributed by atoms with van der Waals surface area (Å²) in [7, 11) is 1.71. The Kier molecular flexibility index (Phi) is 6.61. The molecular weight excluding hydrogens is 371 g/mol. The molecule has 0 aliphatic carbocycles. The third-order valence-electron chi connectivity index (χ3n) is 3.32. The van der Waals surface area contributed by atoms with Crippen molar-refractivity contribution in [2.75, 3.05) is 23.6 Å². The van der Waals surface area contributed by atoms with Crippen LogP contribution in [-0.2, 0) is 6.18 Å². The molecule has 0 aliphatic heterocycles. The van der Waals surface area contributed by atoms with Crippen LogP contribution in [0.5, 0.6) is 0 Å². The van der Waals surface area contributed by atoms with E-state index in [1.807, 2.05) is 24.3 Å². The molecule has 0 saturated carbocycles. The van der Waals surface area contributed by atoms with Gasteiger partial charge in [0.15, 0.2) is 0 Å². The molecule has 25 heavy (non-hydrogen) atoms. The summed E-state index contributed by atoms with van der Waals surface area (Å²) >= 11 is 7.30. The minimum absolute atomic E-state index is 0.0956. The van der Waals surface area contributed by atoms with Gasteiger partial charge in [0.2, 0.25) is 5.96 Å². The van der Waals surface area contributed by atoms with Crippen LogP contribution in [0.4, 0.5) is 24.5 Å². The summed E-state index contributed by atoms with van der Waals surface area (Å²) in [5.74, 6) is 1.34. The second-order valence-electron chi connectivity index (χ2n) is 5.08. The average molecular weight is 388 g/mol. The molecule has 0 unspecified atom stereocenters. The third kappa shape index (κ3) is 5.31. The molecule has 0 amide bonds. The van der Waals surface area contributed by atoms with E-state index in [4.69, 9.17) is 17.3 Å². The van der Waals surface area contributed by atoms with Gasteiger partial charge in [-0.05, 0) is 30.3 Å². The monoisotopic (exact) mass is 387 g/mol. The van der Waals surface area contributed by atoms with E-state index in [1.165, 1.54) is 12.1 Å². The molecule has 0 spiro atoms. The topological polar surface area (TPSA) is 41.6 Å². The quantitative estimate of drug-likeness (QED) is 0.335. The molecule has 0 bridgehead atoms. The second kappa shape index (κ2) is 8.49. The number of rotatable bonds is 5. The maximum Gasteiger partial charge on any atom is 0.416 e. The van der Waals surface area contributed by atoms with Crippen molar-refractivity contribution < 1.29 is 13.2 Å². The van der Waals surface area contributed by atoms with Crippen LogP contribution in [0.3, 0.4) is 0 Å². The summed E-state index contributed by atoms with van der Waals surface area (Å²) in [5.41, 5.74) is 6.19. The summed E-state index contributed by atoms with van der Waals surface area (Å²) < 4.78 is 38.4. The lowest BCUT2D eigenvalue weighted by Crippen LogP contribution is -2.34. The van der Waals surface area contributed by atoms with Crippen molar-refractivity contribution in [1.82, 2.24) is 0 Å². The lowest BCUT2D eigenvalue weighted by molar-refractivity contribution is -0.137. The Hall–Kier alpha value is -1.86. The molecule has 2 aromatic rings. The first-order chi connectivity index (χ1) is 11.8. The summed E-state index contributed by atoms with van der Waals surface area (Å²) in [5, 5.41) is 0. The van der Waals surface area contributed by atoms with Crippen LogP contribution in [-0.4, -0.2) is 24.6 Å². The van der Waals surface area contributed by atoms with Crippen molar-refractivity contribution in [3.63, 3.8) is 0 Å². The number of hydrogen-bond donors (Lipinski definition) is 1. The minimum Gasteiger partial charge on any atom is -0.369 e. The van der Waals surface area contributed by atoms with E-state index < -0.39 is 11.7 Å². The van der Waals surface area contributed by atoms with Gasteiger partial charge in [0.25, 0.3) is 0 Å². The van der Waals surface area contributed by atoms with Crippen LogP contribution >= 0.6 is 23.4 Å². The highest BCUT2D eigenvalue weighted by Gasteiger charge is 2.30. The molecule has 0 radical (unpaired) electrons. The molecule has 8 heteroatoms. The van der Waals surface area contributed by atoms with Crippen LogP contribution in [0.15, 0.2) is 58.4 Å².